The van der Waals surface area contributed by atoms with Gasteiger partial charge in [0, 0.05) is 25.8 Å². The summed E-state index contributed by atoms with van der Waals surface area (Å²) in [6.07, 6.45) is 0.181. The Bertz CT molecular complexity index is 957. The van der Waals surface area contributed by atoms with E-state index in [0.717, 1.165) is 30.0 Å². The average Bonchev–Trinajstić information content (AvgIpc) is 3.11. The van der Waals surface area contributed by atoms with Crippen LogP contribution in [0.1, 0.15) is 18.5 Å². The standard InChI is InChI=1S/C17H17F3N6O/c18-17(19,20)14-3-4-15-21-7-13(26(15)24-14)12-6-16(23-10-22-12)25-5-1-2-11(8-25)9-27/h3-4,6-7,10-11,27H,1-2,5,8-9H2/t11-/m0/s1. The molecule has 0 aliphatic carbocycles. The Kier molecular flexibility index (Phi) is 4.42. The molecule has 27 heavy (non-hydrogen) atoms. The van der Waals surface area contributed by atoms with Crippen molar-refractivity contribution in [2.24, 2.45) is 5.92 Å². The van der Waals surface area contributed by atoms with Crippen LogP contribution in [0.15, 0.2) is 30.7 Å². The molecule has 4 heterocycles. The number of anilines is 1. The molecule has 0 unspecified atom stereocenters. The third-order valence-corrected chi connectivity index (χ3v) is 4.67. The number of rotatable bonds is 3. The van der Waals surface area contributed by atoms with Gasteiger partial charge in [0.05, 0.1) is 11.9 Å². The van der Waals surface area contributed by atoms with Crippen LogP contribution in [-0.2, 0) is 6.18 Å². The van der Waals surface area contributed by atoms with Crippen LogP contribution >= 0.6 is 0 Å². The summed E-state index contributed by atoms with van der Waals surface area (Å²) >= 11 is 0. The number of alkyl halides is 3. The number of imidazole rings is 1. The predicted molar refractivity (Wildman–Crippen MR) is 91.0 cm³/mol. The molecule has 0 amide bonds. The number of hydrogen-bond donors (Lipinski definition) is 1. The highest BCUT2D eigenvalue weighted by atomic mass is 19.4. The smallest absolute Gasteiger partial charge is 0.396 e. The van der Waals surface area contributed by atoms with Crippen LogP contribution in [0, 0.1) is 5.92 Å². The van der Waals surface area contributed by atoms with Crippen LogP contribution < -0.4 is 4.90 Å². The van der Waals surface area contributed by atoms with E-state index in [1.807, 2.05) is 4.90 Å². The Balaban J connectivity index is 1.71. The number of halogens is 3. The molecule has 142 valence electrons. The Labute approximate surface area is 152 Å². The van der Waals surface area contributed by atoms with E-state index >= 15 is 0 Å². The molecule has 1 fully saturated rings. The molecule has 0 spiro atoms. The lowest BCUT2D eigenvalue weighted by Gasteiger charge is -2.32. The number of nitrogens with zero attached hydrogens (tertiary/aromatic N) is 6. The largest absolute Gasteiger partial charge is 0.435 e. The normalized spacial score (nSPS) is 18.2. The topological polar surface area (TPSA) is 79.4 Å². The molecule has 0 radical (unpaired) electrons. The first kappa shape index (κ1) is 17.7. The monoisotopic (exact) mass is 378 g/mol. The number of aliphatic hydroxyl groups excluding tert-OH is 1. The Morgan fingerprint density at radius 3 is 2.81 bits per heavy atom. The SMILES string of the molecule is OC[C@H]1CCCN(c2cc(-c3cnc4ccc(C(F)(F)F)nn34)ncn2)C1. The van der Waals surface area contributed by atoms with E-state index in [-0.39, 0.29) is 12.5 Å². The fraction of sp³-hybridized carbons (Fsp3) is 0.412. The number of aliphatic hydroxyl groups is 1. The lowest BCUT2D eigenvalue weighted by molar-refractivity contribution is -0.141. The molecular formula is C17H17F3N6O. The molecule has 1 aliphatic rings. The van der Waals surface area contributed by atoms with Crippen LogP contribution in [0.25, 0.3) is 17.0 Å². The van der Waals surface area contributed by atoms with Crippen molar-refractivity contribution in [3.05, 3.63) is 36.4 Å². The Morgan fingerprint density at radius 2 is 2.04 bits per heavy atom. The maximum atomic E-state index is 13.0. The maximum absolute atomic E-state index is 13.0. The molecule has 1 atom stereocenters. The molecule has 0 aromatic carbocycles. The summed E-state index contributed by atoms with van der Waals surface area (Å²) in [6, 6.07) is 3.89. The van der Waals surface area contributed by atoms with Crippen LogP contribution in [0.5, 0.6) is 0 Å². The first-order chi connectivity index (χ1) is 13.0. The van der Waals surface area contributed by atoms with Crippen LogP contribution in [0.4, 0.5) is 19.0 Å². The number of fused-ring (bicyclic) bond motifs is 1. The molecular weight excluding hydrogens is 361 g/mol. The zero-order valence-electron chi connectivity index (χ0n) is 14.3. The van der Waals surface area contributed by atoms with Crippen molar-refractivity contribution in [3.63, 3.8) is 0 Å². The second kappa shape index (κ2) is 6.76. The van der Waals surface area contributed by atoms with Crippen molar-refractivity contribution in [1.29, 1.82) is 0 Å². The maximum Gasteiger partial charge on any atom is 0.435 e. The molecule has 1 N–H and O–H groups in total. The highest BCUT2D eigenvalue weighted by molar-refractivity contribution is 5.62. The number of aromatic nitrogens is 5. The minimum atomic E-state index is -4.54. The summed E-state index contributed by atoms with van der Waals surface area (Å²) in [5.74, 6) is 0.851. The molecule has 3 aromatic heterocycles. The summed E-state index contributed by atoms with van der Waals surface area (Å²) in [5, 5.41) is 13.1. The number of piperidine rings is 1. The van der Waals surface area contributed by atoms with Gasteiger partial charge in [-0.1, -0.05) is 0 Å². The Morgan fingerprint density at radius 1 is 1.19 bits per heavy atom. The summed E-state index contributed by atoms with van der Waals surface area (Å²) < 4.78 is 40.1. The van der Waals surface area contributed by atoms with E-state index in [1.165, 1.54) is 18.6 Å². The van der Waals surface area contributed by atoms with Gasteiger partial charge >= 0.3 is 6.18 Å². The van der Waals surface area contributed by atoms with Crippen LogP contribution in [0.2, 0.25) is 0 Å². The van der Waals surface area contributed by atoms with Crippen molar-refractivity contribution in [2.45, 2.75) is 19.0 Å². The lowest BCUT2D eigenvalue weighted by atomic mass is 9.99. The molecule has 1 saturated heterocycles. The van der Waals surface area contributed by atoms with Gasteiger partial charge < -0.3 is 10.0 Å². The van der Waals surface area contributed by atoms with Crippen LogP contribution in [-0.4, -0.2) is 49.4 Å². The van der Waals surface area contributed by atoms with Gasteiger partial charge in [-0.25, -0.2) is 19.5 Å². The highest BCUT2D eigenvalue weighted by Crippen LogP contribution is 2.29. The van der Waals surface area contributed by atoms with Gasteiger partial charge in [0.15, 0.2) is 11.3 Å². The molecule has 1 aliphatic heterocycles. The third-order valence-electron chi connectivity index (χ3n) is 4.67. The van der Waals surface area contributed by atoms with Crippen LogP contribution in [0.3, 0.4) is 0 Å². The summed E-state index contributed by atoms with van der Waals surface area (Å²) in [4.78, 5) is 14.6. The summed E-state index contributed by atoms with van der Waals surface area (Å²) in [5.41, 5.74) is 0.0998. The Hall–Kier alpha value is -2.75. The van der Waals surface area contributed by atoms with E-state index in [0.29, 0.717) is 29.4 Å². The van der Waals surface area contributed by atoms with E-state index in [4.69, 9.17) is 0 Å². The summed E-state index contributed by atoms with van der Waals surface area (Å²) in [6.45, 7) is 1.60. The van der Waals surface area contributed by atoms with E-state index in [2.05, 4.69) is 20.1 Å². The zero-order valence-corrected chi connectivity index (χ0v) is 14.3. The van der Waals surface area contributed by atoms with Crippen molar-refractivity contribution in [2.75, 3.05) is 24.6 Å². The van der Waals surface area contributed by atoms with Gasteiger partial charge in [0.25, 0.3) is 0 Å². The second-order valence-electron chi connectivity index (χ2n) is 6.53. The molecule has 4 rings (SSSR count). The zero-order chi connectivity index (χ0) is 19.0. The average molecular weight is 378 g/mol. The fourth-order valence-electron chi connectivity index (χ4n) is 3.28. The van der Waals surface area contributed by atoms with Crippen molar-refractivity contribution in [3.8, 4) is 11.4 Å². The van der Waals surface area contributed by atoms with Gasteiger partial charge in [0.2, 0.25) is 0 Å². The third kappa shape index (κ3) is 3.44. The number of hydrogen-bond acceptors (Lipinski definition) is 6. The fourth-order valence-corrected chi connectivity index (χ4v) is 3.28. The minimum Gasteiger partial charge on any atom is -0.396 e. The van der Waals surface area contributed by atoms with E-state index < -0.39 is 11.9 Å². The van der Waals surface area contributed by atoms with E-state index in [1.54, 1.807) is 6.07 Å². The van der Waals surface area contributed by atoms with E-state index in [9.17, 15) is 18.3 Å². The van der Waals surface area contributed by atoms with Gasteiger partial charge in [-0.15, -0.1) is 0 Å². The predicted octanol–water partition coefficient (Wildman–Crippen LogP) is 2.41. The quantitative estimate of drug-likeness (QED) is 0.754. The molecule has 0 saturated carbocycles. The van der Waals surface area contributed by atoms with Crippen molar-refractivity contribution in [1.82, 2.24) is 24.6 Å². The first-order valence-corrected chi connectivity index (χ1v) is 8.56. The molecule has 0 bridgehead atoms. The highest BCUT2D eigenvalue weighted by Gasteiger charge is 2.33. The van der Waals surface area contributed by atoms with Gasteiger partial charge in [0.1, 0.15) is 17.8 Å². The lowest BCUT2D eigenvalue weighted by Crippen LogP contribution is -2.37. The van der Waals surface area contributed by atoms with Gasteiger partial charge in [-0.3, -0.25) is 0 Å². The molecule has 3 aromatic rings. The van der Waals surface area contributed by atoms with Crippen molar-refractivity contribution < 1.29 is 18.3 Å². The van der Waals surface area contributed by atoms with Crippen molar-refractivity contribution >= 4 is 11.5 Å². The molecule has 10 heteroatoms. The van der Waals surface area contributed by atoms with Gasteiger partial charge in [-0.05, 0) is 30.9 Å². The summed E-state index contributed by atoms with van der Waals surface area (Å²) in [7, 11) is 0. The first-order valence-electron chi connectivity index (χ1n) is 8.56. The minimum absolute atomic E-state index is 0.117. The second-order valence-corrected chi connectivity index (χ2v) is 6.53. The van der Waals surface area contributed by atoms with Gasteiger partial charge in [-0.2, -0.15) is 18.3 Å². The molecule has 7 nitrogen and oxygen atoms in total.